The molecule has 6 nitrogen and oxygen atoms in total. The van der Waals surface area contributed by atoms with E-state index in [2.05, 4.69) is 30.7 Å². The van der Waals surface area contributed by atoms with Gasteiger partial charge in [-0.3, -0.25) is 10.1 Å². The van der Waals surface area contributed by atoms with E-state index in [-0.39, 0.29) is 16.0 Å². The topological polar surface area (TPSA) is 78.2 Å². The molecule has 0 aliphatic rings. The zero-order valence-corrected chi connectivity index (χ0v) is 13.2. The fraction of sp³-hybridized carbons (Fsp3) is 0.375. The second-order valence-electron chi connectivity index (χ2n) is 6.28. The van der Waals surface area contributed by atoms with E-state index in [1.807, 2.05) is 6.07 Å². The van der Waals surface area contributed by atoms with Gasteiger partial charge in [0.05, 0.1) is 18.2 Å². The van der Waals surface area contributed by atoms with Gasteiger partial charge in [0.15, 0.2) is 5.75 Å². The standard InChI is InChI=1S/C16H19N3O3/c1-16(2,3)8-12-6-5-11(7-13(12)19(20)21)15-14(22-4)9-17-10-18-15/h5-7,9-10H,8H2,1-4H3. The summed E-state index contributed by atoms with van der Waals surface area (Å²) in [5, 5.41) is 11.4. The fourth-order valence-electron chi connectivity index (χ4n) is 2.28. The summed E-state index contributed by atoms with van der Waals surface area (Å²) in [5.74, 6) is 0.486. The molecule has 0 saturated heterocycles. The molecule has 1 aromatic heterocycles. The summed E-state index contributed by atoms with van der Waals surface area (Å²) in [6, 6.07) is 5.17. The summed E-state index contributed by atoms with van der Waals surface area (Å²) in [7, 11) is 1.52. The maximum atomic E-state index is 11.4. The number of hydrogen-bond donors (Lipinski definition) is 0. The molecule has 0 amide bonds. The van der Waals surface area contributed by atoms with E-state index < -0.39 is 0 Å². The molecule has 1 heterocycles. The van der Waals surface area contributed by atoms with Crippen LogP contribution in [0.15, 0.2) is 30.7 Å². The number of rotatable bonds is 4. The van der Waals surface area contributed by atoms with Crippen LogP contribution >= 0.6 is 0 Å². The van der Waals surface area contributed by atoms with Crippen molar-refractivity contribution in [3.05, 3.63) is 46.4 Å². The molecule has 0 aliphatic carbocycles. The molecule has 2 aromatic rings. The molecule has 6 heteroatoms. The van der Waals surface area contributed by atoms with Gasteiger partial charge in [0.2, 0.25) is 0 Å². The second-order valence-corrected chi connectivity index (χ2v) is 6.28. The Morgan fingerprint density at radius 1 is 1.32 bits per heavy atom. The Kier molecular flexibility index (Phi) is 4.40. The number of aromatic nitrogens is 2. The molecule has 0 fully saturated rings. The summed E-state index contributed by atoms with van der Waals surface area (Å²) in [6.07, 6.45) is 3.56. The Morgan fingerprint density at radius 2 is 2.05 bits per heavy atom. The van der Waals surface area contributed by atoms with Crippen molar-refractivity contribution >= 4 is 5.69 Å². The molecule has 0 radical (unpaired) electrons. The Hall–Kier alpha value is -2.50. The third kappa shape index (κ3) is 3.58. The van der Waals surface area contributed by atoms with Crippen LogP contribution in [0.3, 0.4) is 0 Å². The molecule has 2 rings (SSSR count). The fourth-order valence-corrected chi connectivity index (χ4v) is 2.28. The largest absolute Gasteiger partial charge is 0.493 e. The van der Waals surface area contributed by atoms with Crippen molar-refractivity contribution in [1.82, 2.24) is 9.97 Å². The zero-order valence-electron chi connectivity index (χ0n) is 13.2. The zero-order chi connectivity index (χ0) is 16.3. The van der Waals surface area contributed by atoms with Crippen LogP contribution in [0.5, 0.6) is 5.75 Å². The third-order valence-corrected chi connectivity index (χ3v) is 3.17. The molecule has 0 N–H and O–H groups in total. The highest BCUT2D eigenvalue weighted by Crippen LogP contribution is 2.33. The van der Waals surface area contributed by atoms with Gasteiger partial charge in [0, 0.05) is 17.2 Å². The molecule has 116 valence electrons. The van der Waals surface area contributed by atoms with Crippen LogP contribution in [0, 0.1) is 15.5 Å². The lowest BCUT2D eigenvalue weighted by Gasteiger charge is -2.18. The third-order valence-electron chi connectivity index (χ3n) is 3.17. The van der Waals surface area contributed by atoms with E-state index >= 15 is 0 Å². The maximum Gasteiger partial charge on any atom is 0.273 e. The first-order valence-electron chi connectivity index (χ1n) is 6.93. The van der Waals surface area contributed by atoms with Crippen molar-refractivity contribution in [2.24, 2.45) is 5.41 Å². The van der Waals surface area contributed by atoms with E-state index in [1.54, 1.807) is 12.1 Å². The predicted octanol–water partition coefficient (Wildman–Crippen LogP) is 3.65. The second kappa shape index (κ2) is 6.09. The van der Waals surface area contributed by atoms with Gasteiger partial charge in [-0.2, -0.15) is 0 Å². The summed E-state index contributed by atoms with van der Waals surface area (Å²) in [6.45, 7) is 6.16. The van der Waals surface area contributed by atoms with Gasteiger partial charge in [-0.05, 0) is 11.8 Å². The van der Waals surface area contributed by atoms with Gasteiger partial charge in [-0.1, -0.05) is 32.9 Å². The van der Waals surface area contributed by atoms with E-state index in [0.717, 1.165) is 0 Å². The minimum Gasteiger partial charge on any atom is -0.493 e. The maximum absolute atomic E-state index is 11.4. The number of ether oxygens (including phenoxy) is 1. The van der Waals surface area contributed by atoms with Crippen LogP contribution in [0.2, 0.25) is 0 Å². The molecular weight excluding hydrogens is 282 g/mol. The van der Waals surface area contributed by atoms with Gasteiger partial charge >= 0.3 is 0 Å². The van der Waals surface area contributed by atoms with Crippen LogP contribution < -0.4 is 4.74 Å². The summed E-state index contributed by atoms with van der Waals surface area (Å²) in [5.41, 5.74) is 1.98. The number of nitro benzene ring substituents is 1. The first kappa shape index (κ1) is 15.9. The lowest BCUT2D eigenvalue weighted by Crippen LogP contribution is -2.11. The van der Waals surface area contributed by atoms with Crippen molar-refractivity contribution in [2.45, 2.75) is 27.2 Å². The van der Waals surface area contributed by atoms with Crippen molar-refractivity contribution in [1.29, 1.82) is 0 Å². The van der Waals surface area contributed by atoms with Crippen molar-refractivity contribution in [2.75, 3.05) is 7.11 Å². The highest BCUT2D eigenvalue weighted by atomic mass is 16.6. The van der Waals surface area contributed by atoms with E-state index in [4.69, 9.17) is 4.74 Å². The van der Waals surface area contributed by atoms with Crippen molar-refractivity contribution in [3.63, 3.8) is 0 Å². The molecular formula is C16H19N3O3. The van der Waals surface area contributed by atoms with Gasteiger partial charge < -0.3 is 4.74 Å². The Balaban J connectivity index is 2.52. The Morgan fingerprint density at radius 3 is 2.64 bits per heavy atom. The number of hydrogen-bond acceptors (Lipinski definition) is 5. The van der Waals surface area contributed by atoms with E-state index in [0.29, 0.717) is 29.0 Å². The lowest BCUT2D eigenvalue weighted by atomic mass is 9.87. The molecule has 22 heavy (non-hydrogen) atoms. The summed E-state index contributed by atoms with van der Waals surface area (Å²) < 4.78 is 5.22. The first-order valence-corrected chi connectivity index (χ1v) is 6.93. The number of nitrogens with zero attached hydrogens (tertiary/aromatic N) is 3. The van der Waals surface area contributed by atoms with Crippen LogP contribution in [-0.2, 0) is 6.42 Å². The number of nitro groups is 1. The van der Waals surface area contributed by atoms with Crippen molar-refractivity contribution < 1.29 is 9.66 Å². The van der Waals surface area contributed by atoms with Gasteiger partial charge in [-0.25, -0.2) is 9.97 Å². The number of methoxy groups -OCH3 is 1. The minimum atomic E-state index is -0.349. The van der Waals surface area contributed by atoms with Gasteiger partial charge in [-0.15, -0.1) is 0 Å². The van der Waals surface area contributed by atoms with E-state index in [9.17, 15) is 10.1 Å². The van der Waals surface area contributed by atoms with Gasteiger partial charge in [0.1, 0.15) is 12.0 Å². The predicted molar refractivity (Wildman–Crippen MR) is 83.8 cm³/mol. The molecule has 0 atom stereocenters. The van der Waals surface area contributed by atoms with E-state index in [1.165, 1.54) is 19.6 Å². The summed E-state index contributed by atoms with van der Waals surface area (Å²) in [4.78, 5) is 19.1. The Labute approximate surface area is 129 Å². The smallest absolute Gasteiger partial charge is 0.273 e. The highest BCUT2D eigenvalue weighted by Gasteiger charge is 2.21. The molecule has 0 saturated carbocycles. The highest BCUT2D eigenvalue weighted by molar-refractivity contribution is 5.69. The average Bonchev–Trinajstić information content (AvgIpc) is 2.45. The SMILES string of the molecule is COc1cncnc1-c1ccc(CC(C)(C)C)c([N+](=O)[O-])c1. The quantitative estimate of drug-likeness (QED) is 0.636. The van der Waals surface area contributed by atoms with Crippen LogP contribution in [0.25, 0.3) is 11.3 Å². The molecule has 0 spiro atoms. The van der Waals surface area contributed by atoms with Crippen molar-refractivity contribution in [3.8, 4) is 17.0 Å². The summed E-state index contributed by atoms with van der Waals surface area (Å²) >= 11 is 0. The monoisotopic (exact) mass is 301 g/mol. The van der Waals surface area contributed by atoms with Crippen LogP contribution in [0.4, 0.5) is 5.69 Å². The normalized spacial score (nSPS) is 11.3. The lowest BCUT2D eigenvalue weighted by molar-refractivity contribution is -0.385. The van der Waals surface area contributed by atoms with Crippen LogP contribution in [-0.4, -0.2) is 22.0 Å². The molecule has 0 aliphatic heterocycles. The van der Waals surface area contributed by atoms with Gasteiger partial charge in [0.25, 0.3) is 5.69 Å². The Bertz CT molecular complexity index is 693. The number of benzene rings is 1. The van der Waals surface area contributed by atoms with Crippen LogP contribution in [0.1, 0.15) is 26.3 Å². The first-order chi connectivity index (χ1) is 10.3. The minimum absolute atomic E-state index is 0.0289. The average molecular weight is 301 g/mol. The molecule has 1 aromatic carbocycles. The molecule has 0 unspecified atom stereocenters. The molecule has 0 bridgehead atoms.